The largest absolute Gasteiger partial charge is 0.373 e. The number of fused-ring (bicyclic) bond motifs is 1. The van der Waals surface area contributed by atoms with E-state index in [0.29, 0.717) is 24.3 Å². The Labute approximate surface area is 168 Å². The zero-order chi connectivity index (χ0) is 20.7. The van der Waals surface area contributed by atoms with E-state index in [1.807, 2.05) is 11.5 Å². The Morgan fingerprint density at radius 2 is 1.76 bits per heavy atom. The Bertz CT molecular complexity index is 1130. The minimum absolute atomic E-state index is 0.140. The van der Waals surface area contributed by atoms with Crippen molar-refractivity contribution < 1.29 is 4.74 Å². The van der Waals surface area contributed by atoms with Crippen molar-refractivity contribution in [2.45, 2.75) is 46.1 Å². The second-order valence-corrected chi connectivity index (χ2v) is 8.04. The van der Waals surface area contributed by atoms with E-state index in [1.165, 1.54) is 10.1 Å². The molecule has 1 fully saturated rings. The molecule has 1 aliphatic heterocycles. The van der Waals surface area contributed by atoms with Gasteiger partial charge in [-0.3, -0.25) is 19.2 Å². The number of imidazole rings is 1. The summed E-state index contributed by atoms with van der Waals surface area (Å²) in [7, 11) is 1.63. The molecule has 4 rings (SSSR count). The van der Waals surface area contributed by atoms with E-state index in [0.717, 1.165) is 24.5 Å². The Balaban J connectivity index is 1.80. The molecule has 29 heavy (non-hydrogen) atoms. The van der Waals surface area contributed by atoms with Crippen LogP contribution in [0.5, 0.6) is 0 Å². The summed E-state index contributed by atoms with van der Waals surface area (Å²) in [5, 5.41) is 0. The van der Waals surface area contributed by atoms with Crippen LogP contribution in [-0.4, -0.2) is 49.3 Å². The van der Waals surface area contributed by atoms with E-state index in [1.54, 1.807) is 7.05 Å². The van der Waals surface area contributed by atoms with Crippen LogP contribution < -0.4 is 11.2 Å². The molecule has 1 saturated heterocycles. The van der Waals surface area contributed by atoms with Crippen molar-refractivity contribution in [3.05, 3.63) is 62.1 Å². The Morgan fingerprint density at radius 3 is 2.41 bits per heavy atom. The highest BCUT2D eigenvalue weighted by Crippen LogP contribution is 2.18. The number of rotatable bonds is 4. The number of ether oxygens (including phenoxy) is 1. The van der Waals surface area contributed by atoms with Crippen LogP contribution in [0.3, 0.4) is 0 Å². The van der Waals surface area contributed by atoms with E-state index in [4.69, 9.17) is 9.72 Å². The van der Waals surface area contributed by atoms with Gasteiger partial charge in [-0.1, -0.05) is 29.8 Å². The summed E-state index contributed by atoms with van der Waals surface area (Å²) in [5.41, 5.74) is 2.24. The maximum absolute atomic E-state index is 12.7. The molecule has 0 amide bonds. The minimum Gasteiger partial charge on any atom is -0.373 e. The van der Waals surface area contributed by atoms with Gasteiger partial charge in [0.05, 0.1) is 18.8 Å². The zero-order valence-electron chi connectivity index (χ0n) is 17.3. The summed E-state index contributed by atoms with van der Waals surface area (Å²) < 4.78 is 9.17. The van der Waals surface area contributed by atoms with Crippen LogP contribution in [-0.2, 0) is 24.9 Å². The van der Waals surface area contributed by atoms with Gasteiger partial charge in [0, 0.05) is 26.7 Å². The number of hydrogen-bond donors (Lipinski definition) is 1. The number of nitrogens with one attached hydrogen (secondary N) is 1. The Kier molecular flexibility index (Phi) is 5.14. The molecule has 1 aliphatic rings. The van der Waals surface area contributed by atoms with E-state index in [-0.39, 0.29) is 12.2 Å². The fourth-order valence-corrected chi connectivity index (χ4v) is 4.06. The fraction of sp³-hybridized carbons (Fsp3) is 0.476. The second-order valence-electron chi connectivity index (χ2n) is 8.04. The van der Waals surface area contributed by atoms with Gasteiger partial charge in [-0.2, -0.15) is 0 Å². The molecular weight excluding hydrogens is 370 g/mol. The third kappa shape index (κ3) is 3.90. The molecule has 0 radical (unpaired) electrons. The lowest BCUT2D eigenvalue weighted by Crippen LogP contribution is -2.45. The van der Waals surface area contributed by atoms with Gasteiger partial charge in [-0.25, -0.2) is 9.78 Å². The highest BCUT2D eigenvalue weighted by Gasteiger charge is 2.25. The first-order valence-electron chi connectivity index (χ1n) is 9.93. The van der Waals surface area contributed by atoms with Gasteiger partial charge in [-0.15, -0.1) is 0 Å². The number of aromatic nitrogens is 4. The highest BCUT2D eigenvalue weighted by atomic mass is 16.5. The monoisotopic (exact) mass is 397 g/mol. The van der Waals surface area contributed by atoms with Gasteiger partial charge in [0.25, 0.3) is 5.56 Å². The van der Waals surface area contributed by atoms with Gasteiger partial charge in [0.1, 0.15) is 5.82 Å². The molecule has 0 spiro atoms. The van der Waals surface area contributed by atoms with Gasteiger partial charge in [-0.05, 0) is 26.3 Å². The first-order chi connectivity index (χ1) is 13.8. The van der Waals surface area contributed by atoms with E-state index < -0.39 is 11.2 Å². The van der Waals surface area contributed by atoms with Gasteiger partial charge in [0.15, 0.2) is 11.2 Å². The van der Waals surface area contributed by atoms with Crippen LogP contribution in [0, 0.1) is 6.92 Å². The molecule has 154 valence electrons. The molecule has 0 aliphatic carbocycles. The maximum Gasteiger partial charge on any atom is 0.329 e. The average Bonchev–Trinajstić information content (AvgIpc) is 2.99. The lowest BCUT2D eigenvalue weighted by atomic mass is 10.1. The molecule has 0 unspecified atom stereocenters. The number of nitrogens with zero attached hydrogens (tertiary/aromatic N) is 4. The van der Waals surface area contributed by atoms with Gasteiger partial charge < -0.3 is 9.30 Å². The lowest BCUT2D eigenvalue weighted by Gasteiger charge is -2.35. The smallest absolute Gasteiger partial charge is 0.329 e. The van der Waals surface area contributed by atoms with E-state index >= 15 is 0 Å². The first kappa shape index (κ1) is 19.6. The summed E-state index contributed by atoms with van der Waals surface area (Å²) >= 11 is 0. The van der Waals surface area contributed by atoms with Crippen LogP contribution in [0.2, 0.25) is 0 Å². The number of aromatic amines is 1. The SMILES string of the molecule is Cc1ccc(Cn2c(CN3C[C@H](C)O[C@@H](C)C3)nc3c2c(=O)[nH]c(=O)n3C)cc1. The maximum atomic E-state index is 12.7. The molecule has 0 saturated carbocycles. The van der Waals surface area contributed by atoms with Crippen LogP contribution >= 0.6 is 0 Å². The van der Waals surface area contributed by atoms with Crippen molar-refractivity contribution in [3.63, 3.8) is 0 Å². The summed E-state index contributed by atoms with van der Waals surface area (Å²) in [6, 6.07) is 8.22. The third-order valence-electron chi connectivity index (χ3n) is 5.41. The Hall–Kier alpha value is -2.71. The topological polar surface area (TPSA) is 85.2 Å². The molecule has 1 aromatic carbocycles. The van der Waals surface area contributed by atoms with Crippen LogP contribution in [0.4, 0.5) is 0 Å². The van der Waals surface area contributed by atoms with Crippen molar-refractivity contribution >= 4 is 11.2 Å². The van der Waals surface area contributed by atoms with Gasteiger partial charge in [0.2, 0.25) is 0 Å². The van der Waals surface area contributed by atoms with E-state index in [9.17, 15) is 9.59 Å². The number of morpholine rings is 1. The molecule has 8 heteroatoms. The summed E-state index contributed by atoms with van der Waals surface area (Å²) in [6.07, 6.45) is 0.280. The summed E-state index contributed by atoms with van der Waals surface area (Å²) in [5.74, 6) is 0.772. The minimum atomic E-state index is -0.456. The number of hydrogen-bond acceptors (Lipinski definition) is 5. The Morgan fingerprint density at radius 1 is 1.10 bits per heavy atom. The number of benzene rings is 1. The lowest BCUT2D eigenvalue weighted by molar-refractivity contribution is -0.0712. The quantitative estimate of drug-likeness (QED) is 0.719. The first-order valence-corrected chi connectivity index (χ1v) is 9.93. The molecular formula is C21H27N5O3. The molecule has 8 nitrogen and oxygen atoms in total. The predicted octanol–water partition coefficient (Wildman–Crippen LogP) is 1.39. The van der Waals surface area contributed by atoms with Crippen molar-refractivity contribution in [1.82, 2.24) is 24.0 Å². The molecule has 3 aromatic rings. The van der Waals surface area contributed by atoms with Crippen LogP contribution in [0.15, 0.2) is 33.9 Å². The second kappa shape index (κ2) is 7.61. The van der Waals surface area contributed by atoms with Crippen LogP contribution in [0.25, 0.3) is 11.2 Å². The molecule has 2 aromatic heterocycles. The summed E-state index contributed by atoms with van der Waals surface area (Å²) in [6.45, 7) is 8.87. The fourth-order valence-electron chi connectivity index (χ4n) is 4.06. The molecule has 2 atom stereocenters. The van der Waals surface area contributed by atoms with Crippen molar-refractivity contribution in [3.8, 4) is 0 Å². The normalized spacial score (nSPS) is 20.4. The van der Waals surface area contributed by atoms with Crippen molar-refractivity contribution in [1.29, 1.82) is 0 Å². The molecule has 3 heterocycles. The zero-order valence-corrected chi connectivity index (χ0v) is 17.3. The number of aryl methyl sites for hydroxylation is 2. The number of H-pyrrole nitrogens is 1. The predicted molar refractivity (Wildman–Crippen MR) is 111 cm³/mol. The van der Waals surface area contributed by atoms with E-state index in [2.05, 4.69) is 48.0 Å². The molecule has 0 bridgehead atoms. The molecule has 1 N–H and O–H groups in total. The van der Waals surface area contributed by atoms with Crippen LogP contribution in [0.1, 0.15) is 30.8 Å². The average molecular weight is 397 g/mol. The standard InChI is InChI=1S/C21H27N5O3/c1-13-5-7-16(8-6-13)11-26-17(12-25-9-14(2)29-15(3)10-25)22-19-18(26)20(27)23-21(28)24(19)4/h5-8,14-15H,9-12H2,1-4H3,(H,23,27,28)/t14-,15-/m0/s1. The van der Waals surface area contributed by atoms with Crippen molar-refractivity contribution in [2.75, 3.05) is 13.1 Å². The summed E-state index contributed by atoms with van der Waals surface area (Å²) in [4.78, 5) is 34.2. The third-order valence-corrected chi connectivity index (χ3v) is 5.41. The highest BCUT2D eigenvalue weighted by molar-refractivity contribution is 5.71. The van der Waals surface area contributed by atoms with Crippen molar-refractivity contribution in [2.24, 2.45) is 7.05 Å². The van der Waals surface area contributed by atoms with Gasteiger partial charge >= 0.3 is 5.69 Å².